The highest BCUT2D eigenvalue weighted by Gasteiger charge is 2.45. The maximum Gasteiger partial charge on any atom is 0.255 e. The lowest BCUT2D eigenvalue weighted by Gasteiger charge is -2.38. The number of hydrogen-bond donors (Lipinski definition) is 2. The summed E-state index contributed by atoms with van der Waals surface area (Å²) in [6, 6.07) is 12.4. The van der Waals surface area contributed by atoms with Gasteiger partial charge in [0.2, 0.25) is 10.3 Å². The first-order chi connectivity index (χ1) is 19.9. The Kier molecular flexibility index (Phi) is 8.31. The molecule has 0 aliphatic carbocycles. The summed E-state index contributed by atoms with van der Waals surface area (Å²) in [6.45, 7) is 9.28. The van der Waals surface area contributed by atoms with Gasteiger partial charge in [-0.2, -0.15) is 5.10 Å². The molecule has 11 nitrogen and oxygen atoms in total. The molecule has 2 aromatic heterocycles. The molecule has 1 spiro atoms. The molecule has 1 aromatic carbocycles. The Morgan fingerprint density at radius 1 is 1.12 bits per heavy atom. The lowest BCUT2D eigenvalue weighted by Crippen LogP contribution is -2.40. The minimum absolute atomic E-state index is 0.0534. The first-order valence-electron chi connectivity index (χ1n) is 14.5. The second-order valence-corrected chi connectivity index (χ2v) is 12.6. The molecule has 1 amide bonds. The van der Waals surface area contributed by atoms with E-state index in [1.54, 1.807) is 6.20 Å². The Balaban J connectivity index is 0.961. The van der Waals surface area contributed by atoms with E-state index in [4.69, 9.17) is 9.47 Å². The molecule has 3 aliphatic rings. The molecule has 5 heterocycles. The Hall–Kier alpha value is -3.35. The van der Waals surface area contributed by atoms with Crippen LogP contribution in [0.15, 0.2) is 42.6 Å². The van der Waals surface area contributed by atoms with Gasteiger partial charge in [0.1, 0.15) is 11.9 Å². The van der Waals surface area contributed by atoms with Crippen LogP contribution in [0, 0.1) is 5.41 Å². The van der Waals surface area contributed by atoms with Crippen LogP contribution < -0.4 is 20.3 Å². The summed E-state index contributed by atoms with van der Waals surface area (Å²) in [5.74, 6) is 1.70. The van der Waals surface area contributed by atoms with Crippen molar-refractivity contribution in [3.8, 4) is 5.75 Å². The van der Waals surface area contributed by atoms with Crippen molar-refractivity contribution in [2.24, 2.45) is 5.41 Å². The van der Waals surface area contributed by atoms with Gasteiger partial charge in [-0.1, -0.05) is 29.5 Å². The zero-order valence-electron chi connectivity index (χ0n) is 23.7. The summed E-state index contributed by atoms with van der Waals surface area (Å²) in [5, 5.41) is 24.2. The highest BCUT2D eigenvalue weighted by molar-refractivity contribution is 7.19. The lowest BCUT2D eigenvalue weighted by molar-refractivity contribution is -0.124. The minimum atomic E-state index is -0.461. The van der Waals surface area contributed by atoms with Gasteiger partial charge in [-0.05, 0) is 76.2 Å². The second kappa shape index (κ2) is 12.3. The van der Waals surface area contributed by atoms with Crippen molar-refractivity contribution in [3.05, 3.63) is 48.2 Å². The molecule has 0 bridgehead atoms. The van der Waals surface area contributed by atoms with E-state index in [9.17, 15) is 4.79 Å². The standard InChI is InChI=1S/C29H38N8O3S/c1-20(2)40-23-7-4-3-6-21(23)17-36-14-10-29(11-15-36)16-24(39-19-29)26(38)32-28-35-34-27(41-28)31-22-9-13-37(18-22)25-8-5-12-30-33-25/h3-8,12,20,22,24H,9-11,13-19H2,1-2H3,(H,31,34)(H,32,35,38)/t22-,24?/m1/s1. The number of nitrogens with zero attached hydrogens (tertiary/aromatic N) is 6. The topological polar surface area (TPSA) is 118 Å². The van der Waals surface area contributed by atoms with Gasteiger partial charge in [0, 0.05) is 37.4 Å². The number of rotatable bonds is 9. The molecule has 1 unspecified atom stereocenters. The third kappa shape index (κ3) is 6.77. The van der Waals surface area contributed by atoms with E-state index in [-0.39, 0.29) is 23.5 Å². The van der Waals surface area contributed by atoms with Crippen LogP contribution >= 0.6 is 11.3 Å². The highest BCUT2D eigenvalue weighted by Crippen LogP contribution is 2.42. The molecule has 3 saturated heterocycles. The fourth-order valence-corrected chi connectivity index (χ4v) is 6.70. The van der Waals surface area contributed by atoms with Gasteiger partial charge in [0.15, 0.2) is 5.82 Å². The van der Waals surface area contributed by atoms with Crippen molar-refractivity contribution >= 4 is 33.3 Å². The summed E-state index contributed by atoms with van der Waals surface area (Å²) in [7, 11) is 0. The van der Waals surface area contributed by atoms with E-state index in [2.05, 4.69) is 72.9 Å². The van der Waals surface area contributed by atoms with Crippen molar-refractivity contribution in [2.75, 3.05) is 48.3 Å². The van der Waals surface area contributed by atoms with Crippen molar-refractivity contribution < 1.29 is 14.3 Å². The molecule has 6 rings (SSSR count). The SMILES string of the molecule is CC(C)Oc1ccccc1CN1CCC2(CC1)COC(C(=O)Nc1nnc(N[C@@H]3CCN(c4cccnn4)C3)s1)C2. The second-order valence-electron chi connectivity index (χ2n) is 11.6. The number of nitrogens with one attached hydrogen (secondary N) is 2. The number of hydrogen-bond acceptors (Lipinski definition) is 11. The number of carbonyl (C=O) groups is 1. The van der Waals surface area contributed by atoms with Gasteiger partial charge in [0.05, 0.1) is 12.7 Å². The number of benzene rings is 1. The van der Waals surface area contributed by atoms with Gasteiger partial charge in [-0.3, -0.25) is 15.0 Å². The fourth-order valence-electron chi connectivity index (χ4n) is 5.98. The Labute approximate surface area is 244 Å². The Morgan fingerprint density at radius 2 is 1.95 bits per heavy atom. The van der Waals surface area contributed by atoms with Gasteiger partial charge >= 0.3 is 0 Å². The summed E-state index contributed by atoms with van der Waals surface area (Å²) in [4.78, 5) is 17.7. The molecule has 3 aliphatic heterocycles. The predicted molar refractivity (Wildman–Crippen MR) is 158 cm³/mol. The van der Waals surface area contributed by atoms with Crippen molar-refractivity contribution in [1.29, 1.82) is 0 Å². The van der Waals surface area contributed by atoms with Crippen LogP contribution in [-0.4, -0.2) is 82.2 Å². The molecule has 0 saturated carbocycles. The van der Waals surface area contributed by atoms with E-state index in [1.165, 1.54) is 16.9 Å². The Morgan fingerprint density at radius 3 is 2.76 bits per heavy atom. The van der Waals surface area contributed by atoms with E-state index in [1.807, 2.05) is 18.2 Å². The average Bonchev–Trinajstić information content (AvgIpc) is 3.73. The number of aromatic nitrogens is 4. The highest BCUT2D eigenvalue weighted by atomic mass is 32.1. The van der Waals surface area contributed by atoms with Crippen LogP contribution in [0.5, 0.6) is 5.75 Å². The summed E-state index contributed by atoms with van der Waals surface area (Å²) in [6.07, 6.45) is 5.11. The normalized spacial score (nSPS) is 22.4. The van der Waals surface area contributed by atoms with Gasteiger partial charge in [0.25, 0.3) is 5.91 Å². The molecule has 41 heavy (non-hydrogen) atoms. The third-order valence-electron chi connectivity index (χ3n) is 8.20. The molecule has 3 fully saturated rings. The van der Waals surface area contributed by atoms with Crippen molar-refractivity contribution in [2.45, 2.75) is 64.3 Å². The molecule has 2 N–H and O–H groups in total. The number of amides is 1. The van der Waals surface area contributed by atoms with Crippen molar-refractivity contribution in [3.63, 3.8) is 0 Å². The first kappa shape index (κ1) is 27.8. The molecule has 3 aromatic rings. The summed E-state index contributed by atoms with van der Waals surface area (Å²) in [5.41, 5.74) is 1.27. The largest absolute Gasteiger partial charge is 0.491 e. The fraction of sp³-hybridized carbons (Fsp3) is 0.552. The number of piperidine rings is 1. The van der Waals surface area contributed by atoms with Crippen molar-refractivity contribution in [1.82, 2.24) is 25.3 Å². The van der Waals surface area contributed by atoms with E-state index in [0.29, 0.717) is 16.9 Å². The number of ether oxygens (including phenoxy) is 2. The minimum Gasteiger partial charge on any atom is -0.491 e. The zero-order valence-corrected chi connectivity index (χ0v) is 24.5. The maximum atomic E-state index is 13.1. The van der Waals surface area contributed by atoms with Crippen LogP contribution in [0.4, 0.5) is 16.1 Å². The predicted octanol–water partition coefficient (Wildman–Crippen LogP) is 3.82. The monoisotopic (exact) mass is 578 g/mol. The van der Waals surface area contributed by atoms with Crippen LogP contribution in [0.25, 0.3) is 0 Å². The molecular formula is C29H38N8O3S. The quantitative estimate of drug-likeness (QED) is 0.388. The molecule has 2 atom stereocenters. The third-order valence-corrected chi connectivity index (χ3v) is 8.97. The van der Waals surface area contributed by atoms with Gasteiger partial charge in [-0.15, -0.1) is 15.3 Å². The zero-order chi connectivity index (χ0) is 28.2. The Bertz CT molecular complexity index is 1310. The van der Waals surface area contributed by atoms with Gasteiger partial charge in [-0.25, -0.2) is 0 Å². The number of carbonyl (C=O) groups excluding carboxylic acids is 1. The van der Waals surface area contributed by atoms with Gasteiger partial charge < -0.3 is 19.7 Å². The maximum absolute atomic E-state index is 13.1. The number of anilines is 3. The van der Waals surface area contributed by atoms with Crippen LogP contribution in [-0.2, 0) is 16.1 Å². The molecular weight excluding hydrogens is 540 g/mol. The number of likely N-dealkylation sites (tertiary alicyclic amines) is 1. The number of para-hydroxylation sites is 1. The van der Waals surface area contributed by atoms with E-state index >= 15 is 0 Å². The average molecular weight is 579 g/mol. The molecule has 0 radical (unpaired) electrons. The van der Waals surface area contributed by atoms with E-state index in [0.717, 1.165) is 70.0 Å². The first-order valence-corrected chi connectivity index (χ1v) is 15.3. The van der Waals surface area contributed by atoms with Crippen LogP contribution in [0.1, 0.15) is 45.1 Å². The summed E-state index contributed by atoms with van der Waals surface area (Å²) < 4.78 is 12.1. The smallest absolute Gasteiger partial charge is 0.255 e. The lowest BCUT2D eigenvalue weighted by atomic mass is 9.76. The van der Waals surface area contributed by atoms with Crippen LogP contribution in [0.2, 0.25) is 0 Å². The summed E-state index contributed by atoms with van der Waals surface area (Å²) >= 11 is 1.35. The van der Waals surface area contributed by atoms with Crippen LogP contribution in [0.3, 0.4) is 0 Å². The molecule has 218 valence electrons. The van der Waals surface area contributed by atoms with E-state index < -0.39 is 6.10 Å². The molecule has 12 heteroatoms.